The van der Waals surface area contributed by atoms with E-state index in [1.807, 2.05) is 62.4 Å². The Morgan fingerprint density at radius 2 is 1.83 bits per heavy atom. The first-order valence-corrected chi connectivity index (χ1v) is 9.93. The van der Waals surface area contributed by atoms with E-state index in [1.165, 1.54) is 11.3 Å². The monoisotopic (exact) mass is 405 g/mol. The number of benzene rings is 2. The van der Waals surface area contributed by atoms with Crippen molar-refractivity contribution in [2.75, 3.05) is 0 Å². The molecule has 0 amide bonds. The number of carbonyl (C=O) groups is 1. The Bertz CT molecular complexity index is 1160. The minimum absolute atomic E-state index is 0.0378. The van der Waals surface area contributed by atoms with E-state index in [1.54, 1.807) is 6.92 Å². The first kappa shape index (κ1) is 19.0. The SMILES string of the molecule is CC(=O)c1sc(-c2ccc(OCc3nc(-c4ccccc4C)no3)cc2)nc1C. The van der Waals surface area contributed by atoms with Crippen molar-refractivity contribution in [3.63, 3.8) is 0 Å². The molecule has 0 radical (unpaired) electrons. The van der Waals surface area contributed by atoms with E-state index in [4.69, 9.17) is 9.26 Å². The molecule has 0 saturated carbocycles. The average molecular weight is 405 g/mol. The van der Waals surface area contributed by atoms with Crippen molar-refractivity contribution >= 4 is 17.1 Å². The van der Waals surface area contributed by atoms with E-state index in [-0.39, 0.29) is 12.4 Å². The van der Waals surface area contributed by atoms with Gasteiger partial charge in [0.2, 0.25) is 5.82 Å². The van der Waals surface area contributed by atoms with Crippen LogP contribution in [0.2, 0.25) is 0 Å². The number of hydrogen-bond donors (Lipinski definition) is 0. The van der Waals surface area contributed by atoms with Crippen LogP contribution in [0.15, 0.2) is 53.1 Å². The van der Waals surface area contributed by atoms with Crippen molar-refractivity contribution in [1.82, 2.24) is 15.1 Å². The zero-order valence-electron chi connectivity index (χ0n) is 16.3. The van der Waals surface area contributed by atoms with Gasteiger partial charge in [-0.1, -0.05) is 29.4 Å². The Morgan fingerprint density at radius 3 is 2.52 bits per heavy atom. The van der Waals surface area contributed by atoms with Crippen LogP contribution in [-0.4, -0.2) is 20.9 Å². The Balaban J connectivity index is 1.43. The lowest BCUT2D eigenvalue weighted by atomic mass is 10.1. The second-order valence-electron chi connectivity index (χ2n) is 6.63. The fourth-order valence-electron chi connectivity index (χ4n) is 2.93. The van der Waals surface area contributed by atoms with Gasteiger partial charge in [0.05, 0.1) is 10.6 Å². The molecule has 0 aliphatic rings. The largest absolute Gasteiger partial charge is 0.484 e. The maximum absolute atomic E-state index is 11.6. The Hall–Kier alpha value is -3.32. The number of aryl methyl sites for hydroxylation is 2. The van der Waals surface area contributed by atoms with Gasteiger partial charge in [-0.05, 0) is 43.7 Å². The first-order valence-electron chi connectivity index (χ1n) is 9.11. The molecule has 4 aromatic rings. The molecule has 2 aromatic carbocycles. The van der Waals surface area contributed by atoms with Crippen LogP contribution in [0.4, 0.5) is 0 Å². The zero-order valence-corrected chi connectivity index (χ0v) is 17.1. The number of nitrogens with zero attached hydrogens (tertiary/aromatic N) is 3. The first-order chi connectivity index (χ1) is 14.0. The summed E-state index contributed by atoms with van der Waals surface area (Å²) in [6.45, 7) is 5.60. The summed E-state index contributed by atoms with van der Waals surface area (Å²) in [6, 6.07) is 15.4. The van der Waals surface area contributed by atoms with Gasteiger partial charge in [-0.2, -0.15) is 4.98 Å². The number of thiazole rings is 1. The number of carbonyl (C=O) groups excluding carboxylic acids is 1. The lowest BCUT2D eigenvalue weighted by Gasteiger charge is -2.03. The van der Waals surface area contributed by atoms with Gasteiger partial charge < -0.3 is 9.26 Å². The fraction of sp³-hybridized carbons (Fsp3) is 0.182. The predicted molar refractivity (Wildman–Crippen MR) is 111 cm³/mol. The smallest absolute Gasteiger partial charge is 0.264 e. The van der Waals surface area contributed by atoms with Crippen molar-refractivity contribution in [3.8, 4) is 27.7 Å². The minimum atomic E-state index is 0.0378. The Kier molecular flexibility index (Phi) is 5.22. The van der Waals surface area contributed by atoms with Gasteiger partial charge in [0.15, 0.2) is 12.4 Å². The predicted octanol–water partition coefficient (Wildman–Crippen LogP) is 5.26. The number of aromatic nitrogens is 3. The van der Waals surface area contributed by atoms with Gasteiger partial charge in [-0.3, -0.25) is 4.79 Å². The summed E-state index contributed by atoms with van der Waals surface area (Å²) in [5.41, 5.74) is 3.73. The molecular weight excluding hydrogens is 386 g/mol. The summed E-state index contributed by atoms with van der Waals surface area (Å²) in [6.07, 6.45) is 0. The Morgan fingerprint density at radius 1 is 1.07 bits per heavy atom. The van der Waals surface area contributed by atoms with E-state index in [9.17, 15) is 4.79 Å². The lowest BCUT2D eigenvalue weighted by Crippen LogP contribution is -1.95. The number of ether oxygens (including phenoxy) is 1. The quantitative estimate of drug-likeness (QED) is 0.407. The third-order valence-electron chi connectivity index (χ3n) is 4.43. The number of ketones is 1. The van der Waals surface area contributed by atoms with Crippen molar-refractivity contribution in [2.24, 2.45) is 0 Å². The highest BCUT2D eigenvalue weighted by Crippen LogP contribution is 2.29. The molecule has 0 spiro atoms. The highest BCUT2D eigenvalue weighted by Gasteiger charge is 2.13. The molecule has 0 aliphatic heterocycles. The fourth-order valence-corrected chi connectivity index (χ4v) is 3.90. The summed E-state index contributed by atoms with van der Waals surface area (Å²) in [4.78, 5) is 21.2. The van der Waals surface area contributed by atoms with Crippen LogP contribution in [0.5, 0.6) is 5.75 Å². The Labute approximate surface area is 172 Å². The molecule has 0 N–H and O–H groups in total. The van der Waals surface area contributed by atoms with Crippen LogP contribution < -0.4 is 4.74 Å². The molecule has 0 saturated heterocycles. The summed E-state index contributed by atoms with van der Waals surface area (Å²) in [5.74, 6) is 1.69. The molecule has 0 fully saturated rings. The molecule has 29 heavy (non-hydrogen) atoms. The molecule has 146 valence electrons. The van der Waals surface area contributed by atoms with Gasteiger partial charge in [0.1, 0.15) is 10.8 Å². The minimum Gasteiger partial charge on any atom is -0.484 e. The van der Waals surface area contributed by atoms with Gasteiger partial charge in [0.25, 0.3) is 5.89 Å². The normalized spacial score (nSPS) is 10.9. The van der Waals surface area contributed by atoms with E-state index in [2.05, 4.69) is 15.1 Å². The third kappa shape index (κ3) is 4.09. The highest BCUT2D eigenvalue weighted by atomic mass is 32.1. The maximum Gasteiger partial charge on any atom is 0.264 e. The second-order valence-corrected chi connectivity index (χ2v) is 7.63. The molecule has 4 rings (SSSR count). The van der Waals surface area contributed by atoms with Crippen LogP contribution in [0.25, 0.3) is 22.0 Å². The summed E-state index contributed by atoms with van der Waals surface area (Å²) >= 11 is 1.40. The number of rotatable bonds is 6. The van der Waals surface area contributed by atoms with Crippen molar-refractivity contribution in [2.45, 2.75) is 27.4 Å². The summed E-state index contributed by atoms with van der Waals surface area (Å²) in [7, 11) is 0. The van der Waals surface area contributed by atoms with E-state index >= 15 is 0 Å². The van der Waals surface area contributed by atoms with Crippen LogP contribution in [0.3, 0.4) is 0 Å². The molecule has 0 bridgehead atoms. The molecule has 0 unspecified atom stereocenters. The topological polar surface area (TPSA) is 78.1 Å². The summed E-state index contributed by atoms with van der Waals surface area (Å²) in [5, 5.41) is 4.86. The van der Waals surface area contributed by atoms with Gasteiger partial charge in [-0.15, -0.1) is 11.3 Å². The van der Waals surface area contributed by atoms with Crippen LogP contribution in [0, 0.1) is 13.8 Å². The van der Waals surface area contributed by atoms with Crippen LogP contribution in [0.1, 0.15) is 33.7 Å². The van der Waals surface area contributed by atoms with E-state index < -0.39 is 0 Å². The average Bonchev–Trinajstić information content (AvgIpc) is 3.34. The van der Waals surface area contributed by atoms with Gasteiger partial charge in [0, 0.05) is 18.1 Å². The highest BCUT2D eigenvalue weighted by molar-refractivity contribution is 7.17. The van der Waals surface area contributed by atoms with Crippen LogP contribution >= 0.6 is 11.3 Å². The van der Waals surface area contributed by atoms with Gasteiger partial charge in [-0.25, -0.2) is 4.98 Å². The lowest BCUT2D eigenvalue weighted by molar-refractivity contribution is 0.102. The molecule has 6 nitrogen and oxygen atoms in total. The standard InChI is InChI=1S/C22H19N3O3S/c1-13-6-4-5-7-18(13)21-24-19(28-25-21)12-27-17-10-8-16(9-11-17)22-23-14(2)20(29-22)15(3)26/h4-11H,12H2,1-3H3. The molecule has 2 heterocycles. The van der Waals surface area contributed by atoms with E-state index in [0.717, 1.165) is 27.4 Å². The van der Waals surface area contributed by atoms with Crippen molar-refractivity contribution < 1.29 is 14.1 Å². The van der Waals surface area contributed by atoms with Crippen molar-refractivity contribution in [3.05, 3.63) is 70.6 Å². The number of hydrogen-bond acceptors (Lipinski definition) is 7. The van der Waals surface area contributed by atoms with Crippen molar-refractivity contribution in [1.29, 1.82) is 0 Å². The molecule has 0 aliphatic carbocycles. The zero-order chi connectivity index (χ0) is 20.4. The van der Waals surface area contributed by atoms with Gasteiger partial charge >= 0.3 is 0 Å². The second kappa shape index (κ2) is 7.97. The maximum atomic E-state index is 11.6. The van der Waals surface area contributed by atoms with E-state index in [0.29, 0.717) is 22.3 Å². The third-order valence-corrected chi connectivity index (χ3v) is 5.74. The molecular formula is C22H19N3O3S. The molecule has 0 atom stereocenters. The summed E-state index contributed by atoms with van der Waals surface area (Å²) < 4.78 is 11.1. The van der Waals surface area contributed by atoms with Crippen LogP contribution in [-0.2, 0) is 6.61 Å². The molecule has 7 heteroatoms. The molecule has 2 aromatic heterocycles. The number of Topliss-reactive ketones (excluding diaryl/α,β-unsaturated/α-hetero) is 1.